The molecule has 2 heterocycles. The van der Waals surface area contributed by atoms with Crippen LogP contribution in [0, 0.1) is 11.3 Å². The number of nitrogens with zero attached hydrogens (tertiary/aromatic N) is 2. The maximum absolute atomic E-state index is 13.1. The fraction of sp³-hybridized carbons (Fsp3) is 0.625. The van der Waals surface area contributed by atoms with Gasteiger partial charge in [-0.2, -0.15) is 0 Å². The molecule has 176 valence electrons. The second-order valence-corrected chi connectivity index (χ2v) is 9.52. The molecule has 0 aliphatic carbocycles. The monoisotopic (exact) mass is 446 g/mol. The predicted octanol–water partition coefficient (Wildman–Crippen LogP) is 3.84. The van der Waals surface area contributed by atoms with Crippen molar-refractivity contribution in [2.75, 3.05) is 32.8 Å². The van der Waals surface area contributed by atoms with E-state index in [4.69, 9.17) is 14.2 Å². The molecule has 2 fully saturated rings. The van der Waals surface area contributed by atoms with E-state index < -0.39 is 23.2 Å². The Balaban J connectivity index is 1.74. The Labute approximate surface area is 189 Å². The van der Waals surface area contributed by atoms with E-state index >= 15 is 0 Å². The maximum Gasteiger partial charge on any atom is 0.410 e. The minimum atomic E-state index is -0.849. The molecule has 32 heavy (non-hydrogen) atoms. The summed E-state index contributed by atoms with van der Waals surface area (Å²) in [5.41, 5.74) is -0.561. The average molecular weight is 447 g/mol. The lowest BCUT2D eigenvalue weighted by Crippen LogP contribution is -2.44. The molecule has 2 saturated heterocycles. The Morgan fingerprint density at radius 1 is 1.03 bits per heavy atom. The predicted molar refractivity (Wildman–Crippen MR) is 118 cm³/mol. The van der Waals surface area contributed by atoms with Gasteiger partial charge in [-0.25, -0.2) is 9.59 Å². The Morgan fingerprint density at radius 2 is 1.72 bits per heavy atom. The van der Waals surface area contributed by atoms with E-state index in [0.717, 1.165) is 5.56 Å². The number of likely N-dealkylation sites (tertiary alicyclic amines) is 2. The standard InChI is InChI=1S/C24H34N2O6/c1-5-30-20(27)24-12-9-13-25(22(29)32-23(2,3)4)14-19(24)15-26(17-24)21(28)31-16-18-10-7-6-8-11-18/h6-8,10-11,19H,5,9,12-17H2,1-4H3. The van der Waals surface area contributed by atoms with Crippen LogP contribution in [-0.4, -0.2) is 66.3 Å². The summed E-state index contributed by atoms with van der Waals surface area (Å²) in [7, 11) is 0. The van der Waals surface area contributed by atoms with E-state index in [1.165, 1.54) is 0 Å². The molecule has 2 unspecified atom stereocenters. The molecule has 0 radical (unpaired) electrons. The smallest absolute Gasteiger partial charge is 0.410 e. The van der Waals surface area contributed by atoms with Gasteiger partial charge in [0.15, 0.2) is 0 Å². The van der Waals surface area contributed by atoms with Crippen molar-refractivity contribution < 1.29 is 28.6 Å². The zero-order valence-electron chi connectivity index (χ0n) is 19.5. The molecule has 0 aromatic heterocycles. The van der Waals surface area contributed by atoms with Gasteiger partial charge in [-0.3, -0.25) is 4.79 Å². The first kappa shape index (κ1) is 23.9. The van der Waals surface area contributed by atoms with Crippen molar-refractivity contribution in [3.63, 3.8) is 0 Å². The van der Waals surface area contributed by atoms with Crippen LogP contribution in [0.25, 0.3) is 0 Å². The highest BCUT2D eigenvalue weighted by atomic mass is 16.6. The molecule has 8 nitrogen and oxygen atoms in total. The van der Waals surface area contributed by atoms with E-state index in [9.17, 15) is 14.4 Å². The normalized spacial score (nSPS) is 23.2. The van der Waals surface area contributed by atoms with Crippen LogP contribution >= 0.6 is 0 Å². The third kappa shape index (κ3) is 5.53. The van der Waals surface area contributed by atoms with Gasteiger partial charge in [-0.05, 0) is 46.1 Å². The number of benzene rings is 1. The largest absolute Gasteiger partial charge is 0.466 e. The van der Waals surface area contributed by atoms with Gasteiger partial charge in [-0.1, -0.05) is 30.3 Å². The molecule has 2 amide bonds. The topological polar surface area (TPSA) is 85.4 Å². The summed E-state index contributed by atoms with van der Waals surface area (Å²) in [6.45, 7) is 9.06. The molecule has 2 atom stereocenters. The van der Waals surface area contributed by atoms with Crippen LogP contribution < -0.4 is 0 Å². The van der Waals surface area contributed by atoms with Crippen molar-refractivity contribution in [1.29, 1.82) is 0 Å². The van der Waals surface area contributed by atoms with Gasteiger partial charge in [0, 0.05) is 32.1 Å². The molecular weight excluding hydrogens is 412 g/mol. The number of fused-ring (bicyclic) bond motifs is 1. The molecule has 1 aromatic rings. The summed E-state index contributed by atoms with van der Waals surface area (Å²) in [5, 5.41) is 0. The molecule has 3 rings (SSSR count). The molecule has 0 saturated carbocycles. The summed E-state index contributed by atoms with van der Waals surface area (Å²) in [4.78, 5) is 41.8. The number of ether oxygens (including phenoxy) is 3. The number of hydrogen-bond donors (Lipinski definition) is 0. The van der Waals surface area contributed by atoms with Crippen molar-refractivity contribution in [3.05, 3.63) is 35.9 Å². The molecule has 0 bridgehead atoms. The van der Waals surface area contributed by atoms with E-state index in [1.807, 2.05) is 51.1 Å². The second kappa shape index (κ2) is 9.79. The molecule has 8 heteroatoms. The number of amides is 2. The van der Waals surface area contributed by atoms with Gasteiger partial charge in [-0.15, -0.1) is 0 Å². The fourth-order valence-corrected chi connectivity index (χ4v) is 4.48. The molecule has 0 N–H and O–H groups in total. The summed E-state index contributed by atoms with van der Waals surface area (Å²) in [6.07, 6.45) is 0.302. The minimum absolute atomic E-state index is 0.164. The molecule has 1 aromatic carbocycles. The SMILES string of the molecule is CCOC(=O)C12CCCN(C(=O)OC(C)(C)C)CC1CN(C(=O)OCc1ccccc1)C2. The Morgan fingerprint density at radius 3 is 2.38 bits per heavy atom. The van der Waals surface area contributed by atoms with Crippen LogP contribution in [0.15, 0.2) is 30.3 Å². The van der Waals surface area contributed by atoms with Gasteiger partial charge in [0.25, 0.3) is 0 Å². The van der Waals surface area contributed by atoms with Gasteiger partial charge in [0.2, 0.25) is 0 Å². The third-order valence-electron chi connectivity index (χ3n) is 5.98. The molecular formula is C24H34N2O6. The van der Waals surface area contributed by atoms with Crippen molar-refractivity contribution in [3.8, 4) is 0 Å². The minimum Gasteiger partial charge on any atom is -0.466 e. The first-order valence-electron chi connectivity index (χ1n) is 11.3. The number of hydrogen-bond acceptors (Lipinski definition) is 6. The van der Waals surface area contributed by atoms with E-state index in [0.29, 0.717) is 32.5 Å². The van der Waals surface area contributed by atoms with Crippen LogP contribution in [0.1, 0.15) is 46.1 Å². The van der Waals surface area contributed by atoms with Crippen molar-refractivity contribution in [2.24, 2.45) is 11.3 Å². The maximum atomic E-state index is 13.1. The lowest BCUT2D eigenvalue weighted by Gasteiger charge is -2.31. The first-order valence-corrected chi connectivity index (χ1v) is 11.3. The Bertz CT molecular complexity index is 822. The fourth-order valence-electron chi connectivity index (χ4n) is 4.48. The van der Waals surface area contributed by atoms with Crippen molar-refractivity contribution >= 4 is 18.2 Å². The van der Waals surface area contributed by atoms with Crippen LogP contribution in [0.2, 0.25) is 0 Å². The molecule has 2 aliphatic rings. The van der Waals surface area contributed by atoms with Crippen LogP contribution in [0.4, 0.5) is 9.59 Å². The summed E-state index contributed by atoms with van der Waals surface area (Å²) < 4.78 is 16.5. The van der Waals surface area contributed by atoms with Crippen LogP contribution in [0.3, 0.4) is 0 Å². The second-order valence-electron chi connectivity index (χ2n) is 9.52. The zero-order chi connectivity index (χ0) is 23.4. The Hall–Kier alpha value is -2.77. The summed E-state index contributed by atoms with van der Waals surface area (Å²) >= 11 is 0. The van der Waals surface area contributed by atoms with Gasteiger partial charge >= 0.3 is 18.2 Å². The lowest BCUT2D eigenvalue weighted by atomic mass is 9.75. The van der Waals surface area contributed by atoms with Gasteiger partial charge < -0.3 is 24.0 Å². The number of carbonyl (C=O) groups excluding carboxylic acids is 3. The molecule has 2 aliphatic heterocycles. The highest BCUT2D eigenvalue weighted by molar-refractivity contribution is 5.80. The van der Waals surface area contributed by atoms with Gasteiger partial charge in [0.05, 0.1) is 12.0 Å². The van der Waals surface area contributed by atoms with Crippen molar-refractivity contribution in [1.82, 2.24) is 9.80 Å². The van der Waals surface area contributed by atoms with E-state index in [1.54, 1.807) is 16.7 Å². The zero-order valence-corrected chi connectivity index (χ0v) is 19.5. The van der Waals surface area contributed by atoms with Gasteiger partial charge in [0.1, 0.15) is 12.2 Å². The van der Waals surface area contributed by atoms with Crippen LogP contribution in [-0.2, 0) is 25.6 Å². The van der Waals surface area contributed by atoms with E-state index in [-0.39, 0.29) is 31.6 Å². The molecule has 0 spiro atoms. The lowest BCUT2D eigenvalue weighted by molar-refractivity contribution is -0.157. The number of esters is 1. The average Bonchev–Trinajstić information content (AvgIpc) is 3.00. The third-order valence-corrected chi connectivity index (χ3v) is 5.98. The van der Waals surface area contributed by atoms with E-state index in [2.05, 4.69) is 0 Å². The van der Waals surface area contributed by atoms with Crippen LogP contribution in [0.5, 0.6) is 0 Å². The Kier molecular flexibility index (Phi) is 7.31. The highest BCUT2D eigenvalue weighted by Gasteiger charge is 2.56. The summed E-state index contributed by atoms with van der Waals surface area (Å²) in [5.74, 6) is -0.560. The first-order chi connectivity index (χ1) is 15.1. The van der Waals surface area contributed by atoms with Crippen molar-refractivity contribution in [2.45, 2.75) is 52.7 Å². The number of carbonyl (C=O) groups is 3. The highest BCUT2D eigenvalue weighted by Crippen LogP contribution is 2.44. The summed E-state index contributed by atoms with van der Waals surface area (Å²) in [6, 6.07) is 9.45. The quantitative estimate of drug-likeness (QED) is 0.516. The number of rotatable bonds is 4.